The number of nitrogens with zero attached hydrogens (tertiary/aromatic N) is 1. The molecule has 104 valence electrons. The Morgan fingerprint density at radius 1 is 1.42 bits per heavy atom. The van der Waals surface area contributed by atoms with E-state index < -0.39 is 0 Å². The molecule has 1 aromatic carbocycles. The molecule has 1 amide bonds. The van der Waals surface area contributed by atoms with Gasteiger partial charge in [0.2, 0.25) is 5.91 Å². The Morgan fingerprint density at radius 2 is 2.11 bits per heavy atom. The molecule has 2 atom stereocenters. The van der Waals surface area contributed by atoms with Crippen LogP contribution in [0.5, 0.6) is 0 Å². The molecule has 0 spiro atoms. The van der Waals surface area contributed by atoms with Gasteiger partial charge in [0, 0.05) is 31.7 Å². The van der Waals surface area contributed by atoms with Crippen LogP contribution in [0.2, 0.25) is 0 Å². The van der Waals surface area contributed by atoms with E-state index in [4.69, 9.17) is 0 Å². The second kappa shape index (κ2) is 6.14. The van der Waals surface area contributed by atoms with Gasteiger partial charge in [-0.1, -0.05) is 12.1 Å². The molecular weight excluding hydrogens is 244 g/mol. The van der Waals surface area contributed by atoms with E-state index in [0.29, 0.717) is 19.5 Å². The maximum Gasteiger partial charge on any atom is 0.221 e. The van der Waals surface area contributed by atoms with Crippen molar-refractivity contribution >= 4 is 11.6 Å². The Kier molecular flexibility index (Phi) is 4.52. The molecule has 0 bridgehead atoms. The molecule has 0 aliphatic carbocycles. The third-order valence-corrected chi connectivity index (χ3v) is 3.38. The fraction of sp³-hybridized carbons (Fsp3) is 0.500. The molecule has 0 aromatic heterocycles. The van der Waals surface area contributed by atoms with Crippen molar-refractivity contribution in [3.63, 3.8) is 0 Å². The Morgan fingerprint density at radius 3 is 2.68 bits per heavy atom. The van der Waals surface area contributed by atoms with E-state index in [1.807, 2.05) is 24.3 Å². The zero-order valence-electron chi connectivity index (χ0n) is 11.0. The maximum absolute atomic E-state index is 10.9. The summed E-state index contributed by atoms with van der Waals surface area (Å²) in [4.78, 5) is 13.0. The van der Waals surface area contributed by atoms with Crippen LogP contribution in [0.1, 0.15) is 18.9 Å². The number of anilines is 1. The quantitative estimate of drug-likeness (QED) is 0.743. The molecule has 1 aliphatic rings. The van der Waals surface area contributed by atoms with Gasteiger partial charge in [-0.2, -0.15) is 0 Å². The van der Waals surface area contributed by atoms with Gasteiger partial charge >= 0.3 is 0 Å². The molecule has 5 heteroatoms. The van der Waals surface area contributed by atoms with Gasteiger partial charge in [-0.3, -0.25) is 9.69 Å². The predicted octanol–water partition coefficient (Wildman–Crippen LogP) is 0.572. The number of β-amino-alcohol motifs (C(OH)–C–C–N with tert-alkyl or cyclic N) is 1. The molecule has 1 heterocycles. The monoisotopic (exact) mass is 264 g/mol. The number of benzene rings is 1. The number of rotatable bonds is 4. The maximum atomic E-state index is 10.9. The summed E-state index contributed by atoms with van der Waals surface area (Å²) in [7, 11) is 0. The number of nitrogens with one attached hydrogen (secondary N) is 1. The van der Waals surface area contributed by atoms with E-state index in [9.17, 15) is 15.0 Å². The normalized spacial score (nSPS) is 23.5. The van der Waals surface area contributed by atoms with E-state index >= 15 is 0 Å². The van der Waals surface area contributed by atoms with Crippen molar-refractivity contribution < 1.29 is 15.0 Å². The molecule has 19 heavy (non-hydrogen) atoms. The van der Waals surface area contributed by atoms with Gasteiger partial charge in [0.1, 0.15) is 0 Å². The summed E-state index contributed by atoms with van der Waals surface area (Å²) < 4.78 is 0. The summed E-state index contributed by atoms with van der Waals surface area (Å²) in [5, 5.41) is 21.6. The van der Waals surface area contributed by atoms with Gasteiger partial charge in [-0.25, -0.2) is 0 Å². The van der Waals surface area contributed by atoms with Crippen LogP contribution in [0.15, 0.2) is 24.3 Å². The van der Waals surface area contributed by atoms with Gasteiger partial charge in [-0.05, 0) is 24.1 Å². The number of hydrogen-bond acceptors (Lipinski definition) is 4. The van der Waals surface area contributed by atoms with Crippen LogP contribution < -0.4 is 5.32 Å². The molecule has 1 saturated heterocycles. The lowest BCUT2D eigenvalue weighted by Gasteiger charge is -2.22. The Hall–Kier alpha value is -1.43. The number of aliphatic hydroxyl groups is 2. The van der Waals surface area contributed by atoms with E-state index in [1.165, 1.54) is 6.92 Å². The van der Waals surface area contributed by atoms with E-state index in [2.05, 4.69) is 10.2 Å². The molecule has 1 aliphatic heterocycles. The Labute approximate surface area is 112 Å². The number of aliphatic hydroxyl groups excluding tert-OH is 2. The van der Waals surface area contributed by atoms with Gasteiger partial charge in [0.25, 0.3) is 0 Å². The minimum absolute atomic E-state index is 0.0324. The number of carbonyl (C=O) groups is 1. The second-order valence-electron chi connectivity index (χ2n) is 5.03. The molecule has 0 saturated carbocycles. The predicted molar refractivity (Wildman–Crippen MR) is 72.7 cm³/mol. The highest BCUT2D eigenvalue weighted by Crippen LogP contribution is 2.21. The van der Waals surface area contributed by atoms with Crippen LogP contribution in [0.4, 0.5) is 5.69 Å². The highest BCUT2D eigenvalue weighted by Gasteiger charge is 2.29. The zero-order chi connectivity index (χ0) is 13.8. The SMILES string of the molecule is CC(=O)Nc1ccc(CN2C[C@@H](O)C[C@H]2CO)cc1. The topological polar surface area (TPSA) is 72.8 Å². The lowest BCUT2D eigenvalue weighted by molar-refractivity contribution is -0.114. The first-order chi connectivity index (χ1) is 9.08. The van der Waals surface area contributed by atoms with Crippen molar-refractivity contribution in [2.75, 3.05) is 18.5 Å². The van der Waals surface area contributed by atoms with Crippen LogP contribution >= 0.6 is 0 Å². The van der Waals surface area contributed by atoms with Crippen molar-refractivity contribution in [1.29, 1.82) is 0 Å². The van der Waals surface area contributed by atoms with Crippen molar-refractivity contribution in [1.82, 2.24) is 4.90 Å². The average Bonchev–Trinajstić information content (AvgIpc) is 2.71. The zero-order valence-corrected chi connectivity index (χ0v) is 11.0. The largest absolute Gasteiger partial charge is 0.395 e. The molecule has 1 aromatic rings. The number of hydrogen-bond donors (Lipinski definition) is 3. The molecule has 1 fully saturated rings. The van der Waals surface area contributed by atoms with Crippen LogP contribution in [-0.2, 0) is 11.3 Å². The molecule has 3 N–H and O–H groups in total. The third-order valence-electron chi connectivity index (χ3n) is 3.38. The minimum atomic E-state index is -0.351. The van der Waals surface area contributed by atoms with Crippen LogP contribution in [0.3, 0.4) is 0 Å². The summed E-state index contributed by atoms with van der Waals surface area (Å²) >= 11 is 0. The van der Waals surface area contributed by atoms with Gasteiger partial charge < -0.3 is 15.5 Å². The van der Waals surface area contributed by atoms with E-state index in [1.54, 1.807) is 0 Å². The van der Waals surface area contributed by atoms with Gasteiger partial charge in [0.15, 0.2) is 0 Å². The number of amides is 1. The fourth-order valence-corrected chi connectivity index (χ4v) is 2.47. The molecular formula is C14H20N2O3. The fourth-order valence-electron chi connectivity index (χ4n) is 2.47. The molecule has 5 nitrogen and oxygen atoms in total. The first-order valence-corrected chi connectivity index (χ1v) is 6.48. The Balaban J connectivity index is 1.97. The average molecular weight is 264 g/mol. The van der Waals surface area contributed by atoms with Gasteiger partial charge in [-0.15, -0.1) is 0 Å². The minimum Gasteiger partial charge on any atom is -0.395 e. The van der Waals surface area contributed by atoms with Crippen LogP contribution in [0, 0.1) is 0 Å². The van der Waals surface area contributed by atoms with Crippen molar-refractivity contribution in [2.45, 2.75) is 32.0 Å². The summed E-state index contributed by atoms with van der Waals surface area (Å²) in [6.45, 7) is 2.84. The van der Waals surface area contributed by atoms with E-state index in [-0.39, 0.29) is 24.7 Å². The smallest absolute Gasteiger partial charge is 0.221 e. The van der Waals surface area contributed by atoms with Crippen LogP contribution in [0.25, 0.3) is 0 Å². The summed E-state index contributed by atoms with van der Waals surface area (Å²) in [5.41, 5.74) is 1.87. The van der Waals surface area contributed by atoms with Gasteiger partial charge in [0.05, 0.1) is 12.7 Å². The summed E-state index contributed by atoms with van der Waals surface area (Å²) in [6.07, 6.45) is 0.274. The van der Waals surface area contributed by atoms with Crippen molar-refractivity contribution in [3.8, 4) is 0 Å². The first-order valence-electron chi connectivity index (χ1n) is 6.48. The summed E-state index contributed by atoms with van der Waals surface area (Å²) in [5.74, 6) is -0.0873. The Bertz CT molecular complexity index is 433. The standard InChI is InChI=1S/C14H20N2O3/c1-10(18)15-12-4-2-11(3-5-12)7-16-8-14(19)6-13(16)9-17/h2-5,13-14,17,19H,6-9H2,1H3,(H,15,18)/t13-,14-/m0/s1. The lowest BCUT2D eigenvalue weighted by atomic mass is 10.1. The van der Waals surface area contributed by atoms with Crippen molar-refractivity contribution in [3.05, 3.63) is 29.8 Å². The molecule has 0 radical (unpaired) electrons. The van der Waals surface area contributed by atoms with Crippen LogP contribution in [-0.4, -0.2) is 46.3 Å². The highest BCUT2D eigenvalue weighted by atomic mass is 16.3. The summed E-state index contributed by atoms with van der Waals surface area (Å²) in [6, 6.07) is 7.65. The van der Waals surface area contributed by atoms with E-state index in [0.717, 1.165) is 11.3 Å². The lowest BCUT2D eigenvalue weighted by Crippen LogP contribution is -2.31. The molecule has 2 rings (SSSR count). The number of carbonyl (C=O) groups excluding carboxylic acids is 1. The molecule has 0 unspecified atom stereocenters. The number of likely N-dealkylation sites (tertiary alicyclic amines) is 1. The first kappa shape index (κ1) is 14.0. The second-order valence-corrected chi connectivity index (χ2v) is 5.03. The highest BCUT2D eigenvalue weighted by molar-refractivity contribution is 5.88. The third kappa shape index (κ3) is 3.76. The van der Waals surface area contributed by atoms with Crippen molar-refractivity contribution in [2.24, 2.45) is 0 Å².